The minimum atomic E-state index is -1.07. The summed E-state index contributed by atoms with van der Waals surface area (Å²) in [5.41, 5.74) is 0. The molecule has 1 fully saturated rings. The van der Waals surface area contributed by atoms with Crippen LogP contribution in [-0.2, 0) is 14.2 Å². The standard InChI is InChI=1S/C8H16O6/c1-12-7-5(10)4(3-9)14-8(13-2)6(7)11/h4-11H,3H2,1-2H3/t4-,5-,6-,7+,8+/m1/s1. The third kappa shape index (κ3) is 2.05. The monoisotopic (exact) mass is 208 g/mol. The lowest BCUT2D eigenvalue weighted by atomic mass is 9.99. The Morgan fingerprint density at radius 1 is 1.14 bits per heavy atom. The molecule has 1 aliphatic rings. The molecule has 3 N–H and O–H groups in total. The van der Waals surface area contributed by atoms with Gasteiger partial charge in [-0.25, -0.2) is 0 Å². The average Bonchev–Trinajstić information content (AvgIpc) is 2.19. The summed E-state index contributed by atoms with van der Waals surface area (Å²) in [5, 5.41) is 28.1. The van der Waals surface area contributed by atoms with Gasteiger partial charge in [0, 0.05) is 14.2 Å². The van der Waals surface area contributed by atoms with Gasteiger partial charge in [0.2, 0.25) is 0 Å². The third-order valence-electron chi connectivity index (χ3n) is 2.33. The van der Waals surface area contributed by atoms with E-state index in [0.29, 0.717) is 0 Å². The van der Waals surface area contributed by atoms with Gasteiger partial charge < -0.3 is 29.5 Å². The van der Waals surface area contributed by atoms with Gasteiger partial charge in [-0.3, -0.25) is 0 Å². The van der Waals surface area contributed by atoms with Gasteiger partial charge in [0.15, 0.2) is 6.29 Å². The summed E-state index contributed by atoms with van der Waals surface area (Å²) >= 11 is 0. The first kappa shape index (κ1) is 11.8. The van der Waals surface area contributed by atoms with Crippen LogP contribution in [-0.4, -0.2) is 66.9 Å². The van der Waals surface area contributed by atoms with E-state index < -0.39 is 30.7 Å². The van der Waals surface area contributed by atoms with Crippen molar-refractivity contribution in [3.05, 3.63) is 0 Å². The van der Waals surface area contributed by atoms with E-state index in [1.807, 2.05) is 0 Å². The van der Waals surface area contributed by atoms with Crippen molar-refractivity contribution in [1.82, 2.24) is 0 Å². The van der Waals surface area contributed by atoms with Crippen LogP contribution in [0.1, 0.15) is 0 Å². The minimum Gasteiger partial charge on any atom is -0.394 e. The molecule has 0 saturated carbocycles. The lowest BCUT2D eigenvalue weighted by Gasteiger charge is -2.40. The van der Waals surface area contributed by atoms with Crippen molar-refractivity contribution in [3.8, 4) is 0 Å². The fourth-order valence-corrected chi connectivity index (χ4v) is 1.53. The largest absolute Gasteiger partial charge is 0.394 e. The van der Waals surface area contributed by atoms with Gasteiger partial charge in [0.05, 0.1) is 6.61 Å². The van der Waals surface area contributed by atoms with Crippen LogP contribution in [0.2, 0.25) is 0 Å². The zero-order chi connectivity index (χ0) is 10.7. The molecule has 84 valence electrons. The Hall–Kier alpha value is -0.240. The third-order valence-corrected chi connectivity index (χ3v) is 2.33. The Bertz CT molecular complexity index is 159. The summed E-state index contributed by atoms with van der Waals surface area (Å²) in [5.74, 6) is 0. The molecule has 0 amide bonds. The van der Waals surface area contributed by atoms with E-state index in [2.05, 4.69) is 0 Å². The van der Waals surface area contributed by atoms with Gasteiger partial charge in [0.25, 0.3) is 0 Å². The molecule has 5 atom stereocenters. The lowest BCUT2D eigenvalue weighted by Crippen LogP contribution is -2.59. The van der Waals surface area contributed by atoms with Crippen molar-refractivity contribution in [1.29, 1.82) is 0 Å². The highest BCUT2D eigenvalue weighted by Crippen LogP contribution is 2.23. The minimum absolute atomic E-state index is 0.354. The molecule has 14 heavy (non-hydrogen) atoms. The van der Waals surface area contributed by atoms with Crippen LogP contribution < -0.4 is 0 Å². The number of rotatable bonds is 3. The van der Waals surface area contributed by atoms with E-state index in [1.54, 1.807) is 0 Å². The molecular formula is C8H16O6. The summed E-state index contributed by atoms with van der Waals surface area (Å²) < 4.78 is 14.8. The molecule has 1 saturated heterocycles. The summed E-state index contributed by atoms with van der Waals surface area (Å²) in [6.45, 7) is -0.354. The second kappa shape index (κ2) is 5.01. The Kier molecular flexibility index (Phi) is 4.24. The van der Waals surface area contributed by atoms with E-state index in [-0.39, 0.29) is 6.61 Å². The average molecular weight is 208 g/mol. The highest BCUT2D eigenvalue weighted by atomic mass is 16.7. The Labute approximate surface area is 82.0 Å². The maximum Gasteiger partial charge on any atom is 0.186 e. The maximum absolute atomic E-state index is 9.60. The van der Waals surface area contributed by atoms with E-state index in [4.69, 9.17) is 19.3 Å². The molecule has 0 unspecified atom stereocenters. The van der Waals surface area contributed by atoms with Gasteiger partial charge in [-0.1, -0.05) is 0 Å². The first-order valence-electron chi connectivity index (χ1n) is 4.33. The number of ether oxygens (including phenoxy) is 3. The molecule has 0 radical (unpaired) electrons. The molecule has 6 nitrogen and oxygen atoms in total. The van der Waals surface area contributed by atoms with Crippen molar-refractivity contribution < 1.29 is 29.5 Å². The Morgan fingerprint density at radius 2 is 1.79 bits per heavy atom. The molecule has 0 aromatic rings. The zero-order valence-electron chi connectivity index (χ0n) is 8.16. The fraction of sp³-hybridized carbons (Fsp3) is 1.00. The normalized spacial score (nSPS) is 43.9. The second-order valence-electron chi connectivity index (χ2n) is 3.14. The van der Waals surface area contributed by atoms with Crippen LogP contribution in [0.5, 0.6) is 0 Å². The van der Waals surface area contributed by atoms with Crippen molar-refractivity contribution in [3.63, 3.8) is 0 Å². The first-order valence-corrected chi connectivity index (χ1v) is 4.33. The summed E-state index contributed by atoms with van der Waals surface area (Å²) in [6.07, 6.45) is -4.63. The SMILES string of the molecule is CO[C@H]1O[C@H](CO)[C@@H](O)[C@H](OC)[C@H]1O. The highest BCUT2D eigenvalue weighted by Gasteiger charge is 2.44. The van der Waals surface area contributed by atoms with Crippen LogP contribution in [0.4, 0.5) is 0 Å². The van der Waals surface area contributed by atoms with Gasteiger partial charge in [-0.05, 0) is 0 Å². The molecule has 6 heteroatoms. The first-order chi connectivity index (χ1) is 6.65. The molecule has 0 aromatic heterocycles. The molecule has 0 bridgehead atoms. The molecule has 0 spiro atoms. The summed E-state index contributed by atoms with van der Waals surface area (Å²) in [4.78, 5) is 0. The van der Waals surface area contributed by atoms with Crippen LogP contribution in [0.15, 0.2) is 0 Å². The van der Waals surface area contributed by atoms with E-state index >= 15 is 0 Å². The second-order valence-corrected chi connectivity index (χ2v) is 3.14. The molecular weight excluding hydrogens is 192 g/mol. The van der Waals surface area contributed by atoms with Crippen molar-refractivity contribution >= 4 is 0 Å². The van der Waals surface area contributed by atoms with Gasteiger partial charge in [-0.2, -0.15) is 0 Å². The van der Waals surface area contributed by atoms with E-state index in [9.17, 15) is 10.2 Å². The van der Waals surface area contributed by atoms with Crippen molar-refractivity contribution in [2.75, 3.05) is 20.8 Å². The smallest absolute Gasteiger partial charge is 0.186 e. The van der Waals surface area contributed by atoms with Gasteiger partial charge in [-0.15, -0.1) is 0 Å². The topological polar surface area (TPSA) is 88.4 Å². The Morgan fingerprint density at radius 3 is 2.21 bits per heavy atom. The molecule has 0 aromatic carbocycles. The number of hydrogen-bond acceptors (Lipinski definition) is 6. The van der Waals surface area contributed by atoms with E-state index in [1.165, 1.54) is 14.2 Å². The molecule has 1 aliphatic heterocycles. The number of aliphatic hydroxyl groups excluding tert-OH is 3. The zero-order valence-corrected chi connectivity index (χ0v) is 8.16. The Balaban J connectivity index is 2.72. The molecule has 1 rings (SSSR count). The molecule has 0 aliphatic carbocycles. The predicted octanol–water partition coefficient (Wildman–Crippen LogP) is -1.91. The highest BCUT2D eigenvalue weighted by molar-refractivity contribution is 4.89. The quantitative estimate of drug-likeness (QED) is 0.501. The van der Waals surface area contributed by atoms with Crippen LogP contribution >= 0.6 is 0 Å². The van der Waals surface area contributed by atoms with Gasteiger partial charge >= 0.3 is 0 Å². The van der Waals surface area contributed by atoms with Crippen LogP contribution in [0, 0.1) is 0 Å². The predicted molar refractivity (Wildman–Crippen MR) is 45.6 cm³/mol. The summed E-state index contributed by atoms with van der Waals surface area (Å²) in [7, 11) is 2.73. The number of methoxy groups -OCH3 is 2. The van der Waals surface area contributed by atoms with Crippen molar-refractivity contribution in [2.24, 2.45) is 0 Å². The van der Waals surface area contributed by atoms with Crippen LogP contribution in [0.3, 0.4) is 0 Å². The number of aliphatic hydroxyl groups is 3. The van der Waals surface area contributed by atoms with Gasteiger partial charge in [0.1, 0.15) is 24.4 Å². The fourth-order valence-electron chi connectivity index (χ4n) is 1.53. The van der Waals surface area contributed by atoms with Crippen LogP contribution in [0.25, 0.3) is 0 Å². The maximum atomic E-state index is 9.60. The molecule has 1 heterocycles. The van der Waals surface area contributed by atoms with Crippen molar-refractivity contribution in [2.45, 2.75) is 30.7 Å². The lowest BCUT2D eigenvalue weighted by molar-refractivity contribution is -0.298. The summed E-state index contributed by atoms with van der Waals surface area (Å²) in [6, 6.07) is 0. The number of hydrogen-bond donors (Lipinski definition) is 3. The van der Waals surface area contributed by atoms with E-state index in [0.717, 1.165) is 0 Å².